The van der Waals surface area contributed by atoms with Crippen LogP contribution in [0.3, 0.4) is 0 Å². The van der Waals surface area contributed by atoms with Crippen LogP contribution in [0, 0.1) is 0 Å². The van der Waals surface area contributed by atoms with Gasteiger partial charge in [-0.25, -0.2) is 0 Å². The summed E-state index contributed by atoms with van der Waals surface area (Å²) in [5, 5.41) is 3.47. The lowest BCUT2D eigenvalue weighted by Gasteiger charge is -2.22. The van der Waals surface area contributed by atoms with E-state index >= 15 is 0 Å². The van der Waals surface area contributed by atoms with Gasteiger partial charge in [0, 0.05) is 6.04 Å². The summed E-state index contributed by atoms with van der Waals surface area (Å²) < 4.78 is 0. The van der Waals surface area contributed by atoms with Crippen LogP contribution >= 0.6 is 0 Å². The largest absolute Gasteiger partial charge is 0.317 e. The van der Waals surface area contributed by atoms with E-state index in [2.05, 4.69) is 24.1 Å². The van der Waals surface area contributed by atoms with E-state index in [1.165, 1.54) is 58.3 Å². The third kappa shape index (κ3) is 3.97. The van der Waals surface area contributed by atoms with Crippen molar-refractivity contribution >= 4 is 0 Å². The highest BCUT2D eigenvalue weighted by molar-refractivity contribution is 4.78. The summed E-state index contributed by atoms with van der Waals surface area (Å²) in [4.78, 5) is 2.64. The van der Waals surface area contributed by atoms with Gasteiger partial charge in [0.1, 0.15) is 0 Å². The van der Waals surface area contributed by atoms with Crippen molar-refractivity contribution in [1.82, 2.24) is 10.2 Å². The standard InChI is InChI=1S/C12H26N2/c1-3-9-13-10-5-7-12-8-6-11-14(12)4-2/h12-13H,3-11H2,1-2H3. The van der Waals surface area contributed by atoms with Gasteiger partial charge in [0.15, 0.2) is 0 Å². The van der Waals surface area contributed by atoms with Crippen molar-refractivity contribution in [1.29, 1.82) is 0 Å². The molecule has 0 aromatic rings. The molecule has 0 amide bonds. The van der Waals surface area contributed by atoms with E-state index < -0.39 is 0 Å². The highest BCUT2D eigenvalue weighted by Crippen LogP contribution is 2.20. The number of hydrogen-bond donors (Lipinski definition) is 1. The molecule has 0 radical (unpaired) electrons. The molecule has 2 heteroatoms. The Morgan fingerprint density at radius 1 is 1.29 bits per heavy atom. The minimum atomic E-state index is 0.892. The molecule has 1 unspecified atom stereocenters. The van der Waals surface area contributed by atoms with Gasteiger partial charge in [-0.2, -0.15) is 0 Å². The lowest BCUT2D eigenvalue weighted by atomic mass is 10.1. The molecule has 0 aromatic heterocycles. The first-order chi connectivity index (χ1) is 6.88. The van der Waals surface area contributed by atoms with E-state index in [1.807, 2.05) is 0 Å². The third-order valence-corrected chi connectivity index (χ3v) is 3.22. The van der Waals surface area contributed by atoms with Crippen LogP contribution in [-0.4, -0.2) is 37.1 Å². The van der Waals surface area contributed by atoms with Crippen molar-refractivity contribution in [3.8, 4) is 0 Å². The van der Waals surface area contributed by atoms with Gasteiger partial charge in [0.2, 0.25) is 0 Å². The highest BCUT2D eigenvalue weighted by atomic mass is 15.2. The number of nitrogens with zero attached hydrogens (tertiary/aromatic N) is 1. The monoisotopic (exact) mass is 198 g/mol. The van der Waals surface area contributed by atoms with Gasteiger partial charge in [0.05, 0.1) is 0 Å². The van der Waals surface area contributed by atoms with Crippen LogP contribution in [-0.2, 0) is 0 Å². The Labute approximate surface area is 89.1 Å². The summed E-state index contributed by atoms with van der Waals surface area (Å²) in [5.41, 5.74) is 0. The Hall–Kier alpha value is -0.0800. The second-order valence-corrected chi connectivity index (χ2v) is 4.32. The second kappa shape index (κ2) is 7.24. The molecule has 0 aliphatic carbocycles. The van der Waals surface area contributed by atoms with E-state index in [9.17, 15) is 0 Å². The summed E-state index contributed by atoms with van der Waals surface area (Å²) >= 11 is 0. The molecular weight excluding hydrogens is 172 g/mol. The van der Waals surface area contributed by atoms with Gasteiger partial charge in [-0.15, -0.1) is 0 Å². The molecule has 1 atom stereocenters. The van der Waals surface area contributed by atoms with Crippen molar-refractivity contribution in [3.63, 3.8) is 0 Å². The molecule has 2 nitrogen and oxygen atoms in total. The van der Waals surface area contributed by atoms with Crippen LogP contribution in [0.1, 0.15) is 46.0 Å². The van der Waals surface area contributed by atoms with Gasteiger partial charge in [0.25, 0.3) is 0 Å². The Kier molecular flexibility index (Phi) is 6.20. The van der Waals surface area contributed by atoms with E-state index in [0.717, 1.165) is 6.04 Å². The molecule has 14 heavy (non-hydrogen) atoms. The summed E-state index contributed by atoms with van der Waals surface area (Å²) in [6, 6.07) is 0.892. The topological polar surface area (TPSA) is 15.3 Å². The lowest BCUT2D eigenvalue weighted by Crippen LogP contribution is -2.29. The fraction of sp³-hybridized carbons (Fsp3) is 1.00. The van der Waals surface area contributed by atoms with Gasteiger partial charge < -0.3 is 10.2 Å². The van der Waals surface area contributed by atoms with E-state index in [4.69, 9.17) is 0 Å². The zero-order chi connectivity index (χ0) is 10.2. The molecule has 0 saturated carbocycles. The van der Waals surface area contributed by atoms with Crippen LogP contribution in [0.25, 0.3) is 0 Å². The first-order valence-corrected chi connectivity index (χ1v) is 6.33. The fourth-order valence-electron chi connectivity index (χ4n) is 2.40. The average Bonchev–Trinajstić information content (AvgIpc) is 2.65. The Morgan fingerprint density at radius 2 is 2.14 bits per heavy atom. The molecule has 1 heterocycles. The van der Waals surface area contributed by atoms with Crippen molar-refractivity contribution in [2.75, 3.05) is 26.2 Å². The number of likely N-dealkylation sites (tertiary alicyclic amines) is 1. The first-order valence-electron chi connectivity index (χ1n) is 6.33. The predicted molar refractivity (Wildman–Crippen MR) is 62.7 cm³/mol. The first kappa shape index (κ1) is 12.0. The maximum Gasteiger partial charge on any atom is 0.00960 e. The summed E-state index contributed by atoms with van der Waals surface area (Å²) in [5.74, 6) is 0. The molecule has 0 aromatic carbocycles. The fourth-order valence-corrected chi connectivity index (χ4v) is 2.40. The molecule has 1 aliphatic rings. The molecule has 1 saturated heterocycles. The van der Waals surface area contributed by atoms with Crippen LogP contribution in [0.4, 0.5) is 0 Å². The number of nitrogens with one attached hydrogen (secondary N) is 1. The maximum atomic E-state index is 3.47. The third-order valence-electron chi connectivity index (χ3n) is 3.22. The Morgan fingerprint density at radius 3 is 2.86 bits per heavy atom. The van der Waals surface area contributed by atoms with Gasteiger partial charge in [-0.1, -0.05) is 13.8 Å². The van der Waals surface area contributed by atoms with Crippen molar-refractivity contribution < 1.29 is 0 Å². The molecule has 1 fully saturated rings. The van der Waals surface area contributed by atoms with Gasteiger partial charge in [-0.3, -0.25) is 0 Å². The zero-order valence-electron chi connectivity index (χ0n) is 9.89. The minimum absolute atomic E-state index is 0.892. The van der Waals surface area contributed by atoms with Crippen molar-refractivity contribution in [2.24, 2.45) is 0 Å². The Balaban J connectivity index is 2.00. The molecule has 0 bridgehead atoms. The zero-order valence-corrected chi connectivity index (χ0v) is 9.89. The van der Waals surface area contributed by atoms with Crippen LogP contribution < -0.4 is 5.32 Å². The SMILES string of the molecule is CCCNCCCC1CCCN1CC. The molecule has 1 rings (SSSR count). The van der Waals surface area contributed by atoms with Crippen molar-refractivity contribution in [3.05, 3.63) is 0 Å². The summed E-state index contributed by atoms with van der Waals surface area (Å²) in [6.07, 6.45) is 6.85. The normalized spacial score (nSPS) is 23.1. The minimum Gasteiger partial charge on any atom is -0.317 e. The van der Waals surface area contributed by atoms with Crippen LogP contribution in [0.5, 0.6) is 0 Å². The predicted octanol–water partition coefficient (Wildman–Crippen LogP) is 2.25. The number of hydrogen-bond acceptors (Lipinski definition) is 2. The second-order valence-electron chi connectivity index (χ2n) is 4.32. The van der Waals surface area contributed by atoms with Crippen LogP contribution in [0.2, 0.25) is 0 Å². The number of rotatable bonds is 7. The summed E-state index contributed by atoms with van der Waals surface area (Å²) in [7, 11) is 0. The lowest BCUT2D eigenvalue weighted by molar-refractivity contribution is 0.252. The maximum absolute atomic E-state index is 3.47. The van der Waals surface area contributed by atoms with E-state index in [1.54, 1.807) is 0 Å². The smallest absolute Gasteiger partial charge is 0.00960 e. The molecule has 0 spiro atoms. The highest BCUT2D eigenvalue weighted by Gasteiger charge is 2.21. The van der Waals surface area contributed by atoms with Gasteiger partial charge >= 0.3 is 0 Å². The van der Waals surface area contributed by atoms with E-state index in [0.29, 0.717) is 0 Å². The Bertz CT molecular complexity index is 136. The quantitative estimate of drug-likeness (QED) is 0.631. The van der Waals surface area contributed by atoms with E-state index in [-0.39, 0.29) is 0 Å². The molecular formula is C12H26N2. The molecule has 1 N–H and O–H groups in total. The molecule has 1 aliphatic heterocycles. The van der Waals surface area contributed by atoms with Crippen LogP contribution in [0.15, 0.2) is 0 Å². The summed E-state index contributed by atoms with van der Waals surface area (Å²) in [6.45, 7) is 9.48. The van der Waals surface area contributed by atoms with Crippen molar-refractivity contribution in [2.45, 2.75) is 52.0 Å². The van der Waals surface area contributed by atoms with Gasteiger partial charge in [-0.05, 0) is 58.3 Å². The average molecular weight is 198 g/mol. The molecule has 84 valence electrons.